The zero-order valence-corrected chi connectivity index (χ0v) is 9.66. The van der Waals surface area contributed by atoms with Crippen molar-refractivity contribution in [1.29, 1.82) is 0 Å². The Hall–Kier alpha value is -1.38. The molecule has 0 bridgehead atoms. The van der Waals surface area contributed by atoms with Gasteiger partial charge in [0, 0.05) is 31.1 Å². The van der Waals surface area contributed by atoms with Crippen molar-refractivity contribution in [1.82, 2.24) is 0 Å². The highest BCUT2D eigenvalue weighted by Gasteiger charge is 2.24. The molecule has 1 saturated heterocycles. The summed E-state index contributed by atoms with van der Waals surface area (Å²) < 4.78 is 13.2. The lowest BCUT2D eigenvalue weighted by Crippen LogP contribution is -2.41. The van der Waals surface area contributed by atoms with E-state index in [0.717, 1.165) is 11.3 Å². The molecular weight excluding hydrogens is 205 g/mol. The number of anilines is 1. The molecule has 2 rings (SSSR count). The lowest BCUT2D eigenvalue weighted by atomic mass is 10.0. The van der Waals surface area contributed by atoms with Gasteiger partial charge in [-0.1, -0.05) is 6.07 Å². The predicted molar refractivity (Wildman–Crippen MR) is 62.2 cm³/mol. The molecule has 1 aliphatic heterocycles. The molecule has 0 amide bonds. The Kier molecular flexibility index (Phi) is 2.95. The van der Waals surface area contributed by atoms with Crippen LogP contribution in [-0.2, 0) is 4.79 Å². The van der Waals surface area contributed by atoms with Crippen molar-refractivity contribution in [3.05, 3.63) is 29.6 Å². The van der Waals surface area contributed by atoms with Gasteiger partial charge in [0.25, 0.3) is 0 Å². The number of rotatable bonds is 1. The van der Waals surface area contributed by atoms with Crippen LogP contribution in [0.2, 0.25) is 0 Å². The lowest BCUT2D eigenvalue weighted by Gasteiger charge is -2.35. The average Bonchev–Trinajstić information content (AvgIpc) is 2.22. The molecule has 0 aliphatic carbocycles. The third kappa shape index (κ3) is 2.08. The van der Waals surface area contributed by atoms with Crippen LogP contribution in [0.3, 0.4) is 0 Å². The molecule has 3 heteroatoms. The van der Waals surface area contributed by atoms with E-state index in [0.29, 0.717) is 25.2 Å². The fraction of sp³-hybridized carbons (Fsp3) is 0.462. The average molecular weight is 221 g/mol. The van der Waals surface area contributed by atoms with Gasteiger partial charge in [-0.25, -0.2) is 4.39 Å². The minimum absolute atomic E-state index is 0.168. The Morgan fingerprint density at radius 3 is 2.88 bits per heavy atom. The van der Waals surface area contributed by atoms with Crippen molar-refractivity contribution in [2.24, 2.45) is 0 Å². The molecule has 0 radical (unpaired) electrons. The molecule has 0 aromatic heterocycles. The standard InChI is InChI=1S/C13H16FNO/c1-9-3-4-11(14)8-13(9)15-6-5-12(16)7-10(15)2/h3-4,8,10H,5-7H2,1-2H3. The summed E-state index contributed by atoms with van der Waals surface area (Å²) in [7, 11) is 0. The van der Waals surface area contributed by atoms with Crippen LogP contribution in [0.15, 0.2) is 18.2 Å². The van der Waals surface area contributed by atoms with Gasteiger partial charge in [0.15, 0.2) is 0 Å². The smallest absolute Gasteiger partial charge is 0.136 e. The molecule has 0 spiro atoms. The molecule has 1 aromatic rings. The largest absolute Gasteiger partial charge is 0.368 e. The number of carbonyl (C=O) groups is 1. The summed E-state index contributed by atoms with van der Waals surface area (Å²) in [4.78, 5) is 13.4. The van der Waals surface area contributed by atoms with E-state index >= 15 is 0 Å². The fourth-order valence-electron chi connectivity index (χ4n) is 2.26. The highest BCUT2D eigenvalue weighted by atomic mass is 19.1. The first kappa shape index (κ1) is 11.1. The SMILES string of the molecule is Cc1ccc(F)cc1N1CCC(=O)CC1C. The molecular formula is C13H16FNO. The van der Waals surface area contributed by atoms with Gasteiger partial charge in [-0.2, -0.15) is 0 Å². The van der Waals surface area contributed by atoms with E-state index in [1.807, 2.05) is 13.8 Å². The van der Waals surface area contributed by atoms with Crippen LogP contribution in [0.5, 0.6) is 0 Å². The highest BCUT2D eigenvalue weighted by molar-refractivity contribution is 5.81. The van der Waals surface area contributed by atoms with Crippen LogP contribution in [0.1, 0.15) is 25.3 Å². The third-order valence-corrected chi connectivity index (χ3v) is 3.17. The first-order valence-electron chi connectivity index (χ1n) is 5.62. The monoisotopic (exact) mass is 221 g/mol. The van der Waals surface area contributed by atoms with Crippen molar-refractivity contribution in [3.63, 3.8) is 0 Å². The molecule has 16 heavy (non-hydrogen) atoms. The van der Waals surface area contributed by atoms with Crippen molar-refractivity contribution in [3.8, 4) is 0 Å². The zero-order valence-electron chi connectivity index (χ0n) is 9.66. The quantitative estimate of drug-likeness (QED) is 0.726. The van der Waals surface area contributed by atoms with Crippen molar-refractivity contribution in [2.75, 3.05) is 11.4 Å². The van der Waals surface area contributed by atoms with Crippen molar-refractivity contribution < 1.29 is 9.18 Å². The molecule has 0 saturated carbocycles. The number of Topliss-reactive ketones (excluding diaryl/α,β-unsaturated/α-hetero) is 1. The molecule has 1 aromatic carbocycles. The van der Waals surface area contributed by atoms with Crippen LogP contribution in [-0.4, -0.2) is 18.4 Å². The van der Waals surface area contributed by atoms with Crippen LogP contribution in [0, 0.1) is 12.7 Å². The Labute approximate surface area is 95.1 Å². The van der Waals surface area contributed by atoms with Crippen LogP contribution in [0.25, 0.3) is 0 Å². The first-order chi connectivity index (χ1) is 7.58. The topological polar surface area (TPSA) is 20.3 Å². The summed E-state index contributed by atoms with van der Waals surface area (Å²) in [5.41, 5.74) is 1.97. The van der Waals surface area contributed by atoms with Gasteiger partial charge in [0.05, 0.1) is 0 Å². The summed E-state index contributed by atoms with van der Waals surface area (Å²) in [5.74, 6) is 0.0857. The number of benzene rings is 1. The Morgan fingerprint density at radius 2 is 2.19 bits per heavy atom. The highest BCUT2D eigenvalue weighted by Crippen LogP contribution is 2.27. The Morgan fingerprint density at radius 1 is 1.44 bits per heavy atom. The number of piperidine rings is 1. The molecule has 1 unspecified atom stereocenters. The number of carbonyl (C=O) groups excluding carboxylic acids is 1. The number of nitrogens with zero attached hydrogens (tertiary/aromatic N) is 1. The summed E-state index contributed by atoms with van der Waals surface area (Å²) in [6.07, 6.45) is 1.14. The summed E-state index contributed by atoms with van der Waals surface area (Å²) in [5, 5.41) is 0. The van der Waals surface area contributed by atoms with Gasteiger partial charge < -0.3 is 4.90 Å². The summed E-state index contributed by atoms with van der Waals surface area (Å²) >= 11 is 0. The van der Waals surface area contributed by atoms with Gasteiger partial charge in [0.1, 0.15) is 11.6 Å². The number of ketones is 1. The number of aryl methyl sites for hydroxylation is 1. The van der Waals surface area contributed by atoms with Gasteiger partial charge in [0.2, 0.25) is 0 Å². The fourth-order valence-corrected chi connectivity index (χ4v) is 2.26. The van der Waals surface area contributed by atoms with Crippen LogP contribution >= 0.6 is 0 Å². The van der Waals surface area contributed by atoms with Crippen molar-refractivity contribution >= 4 is 11.5 Å². The molecule has 86 valence electrons. The lowest BCUT2D eigenvalue weighted by molar-refractivity contribution is -0.120. The molecule has 1 aliphatic rings. The number of hydrogen-bond acceptors (Lipinski definition) is 2. The maximum absolute atomic E-state index is 13.2. The van der Waals surface area contributed by atoms with Gasteiger partial charge in [-0.05, 0) is 31.5 Å². The van der Waals surface area contributed by atoms with E-state index in [4.69, 9.17) is 0 Å². The van der Waals surface area contributed by atoms with Crippen molar-refractivity contribution in [2.45, 2.75) is 32.7 Å². The number of hydrogen-bond donors (Lipinski definition) is 0. The number of halogens is 1. The predicted octanol–water partition coefficient (Wildman–Crippen LogP) is 2.69. The van der Waals surface area contributed by atoms with Gasteiger partial charge >= 0.3 is 0 Å². The summed E-state index contributed by atoms with van der Waals surface area (Å²) in [6.45, 7) is 4.68. The van der Waals surface area contributed by atoms with Gasteiger partial charge in [-0.15, -0.1) is 0 Å². The van der Waals surface area contributed by atoms with E-state index in [9.17, 15) is 9.18 Å². The minimum Gasteiger partial charge on any atom is -0.368 e. The van der Waals surface area contributed by atoms with E-state index in [2.05, 4.69) is 4.90 Å². The Balaban J connectivity index is 2.29. The first-order valence-corrected chi connectivity index (χ1v) is 5.62. The van der Waals surface area contributed by atoms with E-state index in [1.54, 1.807) is 12.1 Å². The summed E-state index contributed by atoms with van der Waals surface area (Å²) in [6, 6.07) is 4.98. The third-order valence-electron chi connectivity index (χ3n) is 3.17. The van der Waals surface area contributed by atoms with E-state index in [1.165, 1.54) is 6.07 Å². The van der Waals surface area contributed by atoms with Gasteiger partial charge in [-0.3, -0.25) is 4.79 Å². The van der Waals surface area contributed by atoms with Crippen LogP contribution < -0.4 is 4.90 Å². The molecule has 2 nitrogen and oxygen atoms in total. The maximum Gasteiger partial charge on any atom is 0.136 e. The maximum atomic E-state index is 13.2. The van der Waals surface area contributed by atoms with Crippen LogP contribution in [0.4, 0.5) is 10.1 Å². The molecule has 1 atom stereocenters. The Bertz CT molecular complexity index is 416. The molecule has 1 fully saturated rings. The second kappa shape index (κ2) is 4.24. The second-order valence-corrected chi connectivity index (χ2v) is 4.47. The second-order valence-electron chi connectivity index (χ2n) is 4.47. The van der Waals surface area contributed by atoms with E-state index in [-0.39, 0.29) is 11.9 Å². The molecule has 1 heterocycles. The minimum atomic E-state index is -0.218. The van der Waals surface area contributed by atoms with E-state index < -0.39 is 0 Å². The zero-order chi connectivity index (χ0) is 11.7. The normalized spacial score (nSPS) is 21.3. The molecule has 0 N–H and O–H groups in total.